The van der Waals surface area contributed by atoms with Crippen LogP contribution >= 0.6 is 31.9 Å². The van der Waals surface area contributed by atoms with Crippen molar-refractivity contribution in [3.63, 3.8) is 0 Å². The quantitative estimate of drug-likeness (QED) is 0.125. The maximum absolute atomic E-state index is 15.0. The van der Waals surface area contributed by atoms with Crippen molar-refractivity contribution in [2.24, 2.45) is 0 Å². The van der Waals surface area contributed by atoms with Gasteiger partial charge in [-0.2, -0.15) is 0 Å². The molecule has 0 bridgehead atoms. The van der Waals surface area contributed by atoms with Crippen molar-refractivity contribution in [2.45, 2.75) is 10.5 Å². The Balaban J connectivity index is 1.93. The van der Waals surface area contributed by atoms with Crippen molar-refractivity contribution < 1.29 is 36.8 Å². The molecule has 0 aromatic heterocycles. The lowest BCUT2D eigenvalue weighted by molar-refractivity contribution is 0.374. The zero-order chi connectivity index (χ0) is 34.1. The molecule has 0 amide bonds. The summed E-state index contributed by atoms with van der Waals surface area (Å²) in [4.78, 5) is 0. The summed E-state index contributed by atoms with van der Waals surface area (Å²) in [5.74, 6) is 2.94. The molecule has 8 nitrogen and oxygen atoms in total. The first-order chi connectivity index (χ1) is 22.6. The van der Waals surface area contributed by atoms with Crippen LogP contribution in [0.3, 0.4) is 0 Å². The summed E-state index contributed by atoms with van der Waals surface area (Å²) in [6.45, 7) is 0. The topological polar surface area (TPSA) is 89.5 Å². The molecule has 2 unspecified atom stereocenters. The van der Waals surface area contributed by atoms with Gasteiger partial charge in [-0.1, -0.05) is 68.3 Å². The highest BCUT2D eigenvalue weighted by Gasteiger charge is 2.34. The van der Waals surface area contributed by atoms with E-state index < -0.39 is 20.3 Å². The second kappa shape index (κ2) is 16.3. The molecule has 0 aliphatic carbocycles. The number of methoxy groups -OCH3 is 6. The average molecular weight is 789 g/mol. The molecule has 0 aliphatic heterocycles. The number of ether oxygens (including phenoxy) is 6. The van der Waals surface area contributed by atoms with Gasteiger partial charge >= 0.3 is 0 Å². The Morgan fingerprint density at radius 1 is 0.511 bits per heavy atom. The molecule has 0 saturated heterocycles. The molecular formula is C36H36Br2O8S. The molecule has 248 valence electrons. The van der Waals surface area contributed by atoms with Crippen LogP contribution in [0.4, 0.5) is 0 Å². The van der Waals surface area contributed by atoms with Gasteiger partial charge in [0.2, 0.25) is 0 Å². The van der Waals surface area contributed by atoms with E-state index in [0.29, 0.717) is 56.8 Å². The third kappa shape index (κ3) is 8.33. The van der Waals surface area contributed by atoms with Gasteiger partial charge < -0.3 is 28.4 Å². The summed E-state index contributed by atoms with van der Waals surface area (Å²) in [6, 6.07) is 21.3. The van der Waals surface area contributed by atoms with E-state index in [-0.39, 0.29) is 0 Å². The van der Waals surface area contributed by atoms with E-state index in [0.717, 1.165) is 8.95 Å². The summed E-state index contributed by atoms with van der Waals surface area (Å²) in [5, 5.41) is -2.16. The van der Waals surface area contributed by atoms with Gasteiger partial charge in [-0.15, -0.1) is 0 Å². The SMILES string of the molecule is COc1cc(OC)c(/C=C/C(c2ccc(Br)cc2)S(=O)(=O)C(/C=C/c2c(OC)cc(OC)cc2OC)c2ccc(Br)cc2)c(OC)c1. The Hall–Kier alpha value is -3.93. The average Bonchev–Trinajstić information content (AvgIpc) is 3.09. The van der Waals surface area contributed by atoms with E-state index in [1.54, 1.807) is 87.1 Å². The number of hydrogen-bond acceptors (Lipinski definition) is 8. The number of benzene rings is 4. The van der Waals surface area contributed by atoms with Crippen molar-refractivity contribution in [1.29, 1.82) is 0 Å². The highest BCUT2D eigenvalue weighted by Crippen LogP contribution is 2.42. The van der Waals surface area contributed by atoms with E-state index in [9.17, 15) is 8.42 Å². The zero-order valence-corrected chi connectivity index (χ0v) is 30.8. The first-order valence-electron chi connectivity index (χ1n) is 14.3. The van der Waals surface area contributed by atoms with Crippen LogP contribution in [0.1, 0.15) is 32.8 Å². The first kappa shape index (κ1) is 35.9. The number of hydrogen-bond donors (Lipinski definition) is 0. The van der Waals surface area contributed by atoms with Crippen LogP contribution in [0.15, 0.2) is 93.9 Å². The van der Waals surface area contributed by atoms with Gasteiger partial charge in [0.15, 0.2) is 9.84 Å². The van der Waals surface area contributed by atoms with Crippen LogP contribution < -0.4 is 28.4 Å². The minimum absolute atomic E-state index is 0.465. The molecule has 0 saturated carbocycles. The molecule has 11 heteroatoms. The lowest BCUT2D eigenvalue weighted by atomic mass is 10.1. The minimum Gasteiger partial charge on any atom is -0.496 e. The van der Waals surface area contributed by atoms with Crippen LogP contribution in [0.2, 0.25) is 0 Å². The van der Waals surface area contributed by atoms with Gasteiger partial charge in [-0.25, -0.2) is 8.42 Å². The Morgan fingerprint density at radius 2 is 0.809 bits per heavy atom. The fraction of sp³-hybridized carbons (Fsp3) is 0.222. The highest BCUT2D eigenvalue weighted by molar-refractivity contribution is 9.10. The second-order valence-corrected chi connectivity index (χ2v) is 14.2. The van der Waals surface area contributed by atoms with Crippen LogP contribution in [-0.4, -0.2) is 51.1 Å². The zero-order valence-electron chi connectivity index (χ0n) is 26.8. The van der Waals surface area contributed by atoms with Gasteiger partial charge in [0.25, 0.3) is 0 Å². The largest absolute Gasteiger partial charge is 0.496 e. The Bertz CT molecular complexity index is 1660. The summed E-state index contributed by atoms with van der Waals surface area (Å²) in [6.07, 6.45) is 6.72. The van der Waals surface area contributed by atoms with Gasteiger partial charge in [0.05, 0.1) is 53.8 Å². The van der Waals surface area contributed by atoms with Crippen LogP contribution in [-0.2, 0) is 9.84 Å². The smallest absolute Gasteiger partial charge is 0.171 e. The number of sulfone groups is 1. The predicted octanol–water partition coefficient (Wildman–Crippen LogP) is 8.89. The molecule has 0 aliphatic rings. The van der Waals surface area contributed by atoms with Crippen molar-refractivity contribution in [3.8, 4) is 34.5 Å². The Morgan fingerprint density at radius 3 is 1.06 bits per heavy atom. The third-order valence-electron chi connectivity index (χ3n) is 7.49. The summed E-state index contributed by atoms with van der Waals surface area (Å²) < 4.78 is 64.9. The Kier molecular flexibility index (Phi) is 12.4. The van der Waals surface area contributed by atoms with Gasteiger partial charge in [-0.3, -0.25) is 0 Å². The van der Waals surface area contributed by atoms with Crippen molar-refractivity contribution in [2.75, 3.05) is 42.7 Å². The molecule has 2 atom stereocenters. The molecule has 0 spiro atoms. The van der Waals surface area contributed by atoms with E-state index >= 15 is 0 Å². The molecule has 0 fully saturated rings. The lowest BCUT2D eigenvalue weighted by Crippen LogP contribution is -2.19. The van der Waals surface area contributed by atoms with Crippen LogP contribution in [0.25, 0.3) is 12.2 Å². The Labute approximate surface area is 293 Å². The van der Waals surface area contributed by atoms with E-state index in [2.05, 4.69) is 31.9 Å². The highest BCUT2D eigenvalue weighted by atomic mass is 79.9. The molecule has 47 heavy (non-hydrogen) atoms. The molecule has 0 heterocycles. The fourth-order valence-electron chi connectivity index (χ4n) is 5.04. The van der Waals surface area contributed by atoms with E-state index in [1.165, 1.54) is 28.4 Å². The third-order valence-corrected chi connectivity index (χ3v) is 10.8. The van der Waals surface area contributed by atoms with Gasteiger partial charge in [0.1, 0.15) is 45.0 Å². The molecular weight excluding hydrogens is 752 g/mol. The first-order valence-corrected chi connectivity index (χ1v) is 17.5. The standard InChI is InChI=1S/C36H36Br2O8S/c1-41-27-19-31(43-3)29(32(20-27)44-4)15-17-35(23-7-11-25(37)12-8-23)47(39,40)36(24-9-13-26(38)14-10-24)18-16-30-33(45-5)21-28(42-2)22-34(30)46-6/h7-22,35-36H,1-6H3/b17-15+,18-16+. The van der Waals surface area contributed by atoms with E-state index in [4.69, 9.17) is 28.4 Å². The molecule has 0 N–H and O–H groups in total. The molecule has 4 rings (SSSR count). The molecule has 0 radical (unpaired) electrons. The van der Waals surface area contributed by atoms with Crippen molar-refractivity contribution in [3.05, 3.63) is 116 Å². The van der Waals surface area contributed by atoms with Gasteiger partial charge in [0, 0.05) is 33.2 Å². The number of halogens is 2. The lowest BCUT2D eigenvalue weighted by Gasteiger charge is -2.22. The number of rotatable bonds is 14. The normalized spacial score (nSPS) is 12.9. The maximum atomic E-state index is 15.0. The minimum atomic E-state index is -4.06. The fourth-order valence-corrected chi connectivity index (χ4v) is 7.56. The summed E-state index contributed by atoms with van der Waals surface area (Å²) in [5.41, 5.74) is 2.28. The molecule has 4 aromatic carbocycles. The second-order valence-electron chi connectivity index (χ2n) is 10.1. The van der Waals surface area contributed by atoms with Crippen molar-refractivity contribution in [1.82, 2.24) is 0 Å². The van der Waals surface area contributed by atoms with Gasteiger partial charge in [-0.05, 0) is 47.5 Å². The van der Waals surface area contributed by atoms with Crippen molar-refractivity contribution >= 4 is 53.8 Å². The van der Waals surface area contributed by atoms with E-state index in [1.807, 2.05) is 24.3 Å². The monoisotopic (exact) mass is 786 g/mol. The van der Waals surface area contributed by atoms with Crippen LogP contribution in [0.5, 0.6) is 34.5 Å². The van der Waals surface area contributed by atoms with Crippen LogP contribution in [0, 0.1) is 0 Å². The predicted molar refractivity (Wildman–Crippen MR) is 193 cm³/mol. The summed E-state index contributed by atoms with van der Waals surface area (Å²) >= 11 is 6.94. The molecule has 4 aromatic rings. The maximum Gasteiger partial charge on any atom is 0.171 e. The summed E-state index contributed by atoms with van der Waals surface area (Å²) in [7, 11) is 5.17.